The third-order valence-corrected chi connectivity index (χ3v) is 1.97. The van der Waals surface area contributed by atoms with Crippen molar-refractivity contribution in [2.75, 3.05) is 18.5 Å². The van der Waals surface area contributed by atoms with Crippen molar-refractivity contribution in [1.82, 2.24) is 0 Å². The first-order chi connectivity index (χ1) is 6.59. The molecular weight excluding hydrogens is 181 g/mol. The summed E-state index contributed by atoms with van der Waals surface area (Å²) in [6.45, 7) is 0.624. The van der Waals surface area contributed by atoms with Gasteiger partial charge in [0.15, 0.2) is 0 Å². The van der Waals surface area contributed by atoms with Crippen LogP contribution in [0.1, 0.15) is 6.42 Å². The maximum atomic E-state index is 12.8. The van der Waals surface area contributed by atoms with Gasteiger partial charge in [-0.05, 0) is 18.2 Å². The van der Waals surface area contributed by atoms with E-state index in [-0.39, 0.29) is 11.7 Å². The van der Waals surface area contributed by atoms with E-state index < -0.39 is 0 Å². The lowest BCUT2D eigenvalue weighted by molar-refractivity contribution is 0.627. The molecule has 0 heterocycles. The molecule has 0 saturated carbocycles. The second-order valence-electron chi connectivity index (χ2n) is 3.18. The lowest BCUT2D eigenvalue weighted by Crippen LogP contribution is -2.23. The Morgan fingerprint density at radius 3 is 2.86 bits per heavy atom. The lowest BCUT2D eigenvalue weighted by Gasteiger charge is -2.18. The minimum absolute atomic E-state index is 0.147. The van der Waals surface area contributed by atoms with Crippen molar-refractivity contribution in [3.63, 3.8) is 0 Å². The van der Waals surface area contributed by atoms with Crippen LogP contribution in [0.4, 0.5) is 10.1 Å². The van der Waals surface area contributed by atoms with E-state index in [1.807, 2.05) is 18.0 Å². The van der Waals surface area contributed by atoms with E-state index in [4.69, 9.17) is 11.1 Å². The number of amidine groups is 1. The van der Waals surface area contributed by atoms with Crippen LogP contribution in [0.3, 0.4) is 0 Å². The van der Waals surface area contributed by atoms with E-state index in [1.165, 1.54) is 12.1 Å². The van der Waals surface area contributed by atoms with Crippen LogP contribution in [0.15, 0.2) is 24.3 Å². The zero-order chi connectivity index (χ0) is 10.6. The Hall–Kier alpha value is -1.58. The predicted molar refractivity (Wildman–Crippen MR) is 56.2 cm³/mol. The topological polar surface area (TPSA) is 53.1 Å². The van der Waals surface area contributed by atoms with Crippen LogP contribution in [-0.2, 0) is 0 Å². The highest BCUT2D eigenvalue weighted by molar-refractivity contribution is 5.77. The van der Waals surface area contributed by atoms with E-state index in [1.54, 1.807) is 6.07 Å². The molecule has 1 rings (SSSR count). The molecule has 1 aromatic rings. The molecule has 4 heteroatoms. The Kier molecular flexibility index (Phi) is 3.45. The molecule has 0 bridgehead atoms. The zero-order valence-corrected chi connectivity index (χ0v) is 8.13. The second kappa shape index (κ2) is 4.60. The summed E-state index contributed by atoms with van der Waals surface area (Å²) in [5.74, 6) is -0.106. The molecule has 3 N–H and O–H groups in total. The molecule has 0 aromatic heterocycles. The molecule has 0 unspecified atom stereocenters. The van der Waals surface area contributed by atoms with E-state index in [9.17, 15) is 4.39 Å². The van der Waals surface area contributed by atoms with Crippen molar-refractivity contribution in [3.05, 3.63) is 30.1 Å². The molecule has 0 radical (unpaired) electrons. The summed E-state index contributed by atoms with van der Waals surface area (Å²) in [6, 6.07) is 6.35. The fourth-order valence-electron chi connectivity index (χ4n) is 1.13. The normalized spacial score (nSPS) is 9.86. The molecule has 0 spiro atoms. The van der Waals surface area contributed by atoms with E-state index in [0.717, 1.165) is 5.69 Å². The number of halogens is 1. The van der Waals surface area contributed by atoms with Crippen molar-refractivity contribution in [2.24, 2.45) is 5.73 Å². The van der Waals surface area contributed by atoms with Crippen LogP contribution in [0, 0.1) is 11.2 Å². The summed E-state index contributed by atoms with van der Waals surface area (Å²) in [6.07, 6.45) is 0.493. The van der Waals surface area contributed by atoms with Crippen LogP contribution in [0.2, 0.25) is 0 Å². The largest absolute Gasteiger partial charge is 0.388 e. The van der Waals surface area contributed by atoms with Crippen LogP contribution in [0.5, 0.6) is 0 Å². The Labute approximate surface area is 82.8 Å². The standard InChI is InChI=1S/C10H14FN3/c1-14(6-5-10(12)13)9-4-2-3-8(11)7-9/h2-4,7H,5-6H2,1H3,(H3,12,13). The number of rotatable bonds is 4. The number of hydrogen-bond acceptors (Lipinski definition) is 2. The SMILES string of the molecule is CN(CCC(=N)N)c1cccc(F)c1. The molecule has 0 fully saturated rings. The van der Waals surface area contributed by atoms with Gasteiger partial charge in [-0.15, -0.1) is 0 Å². The molecule has 0 saturated heterocycles. The highest BCUT2D eigenvalue weighted by atomic mass is 19.1. The number of benzene rings is 1. The van der Waals surface area contributed by atoms with Crippen molar-refractivity contribution < 1.29 is 4.39 Å². The van der Waals surface area contributed by atoms with Crippen molar-refractivity contribution in [2.45, 2.75) is 6.42 Å². The predicted octanol–water partition coefficient (Wildman–Crippen LogP) is 1.59. The summed E-state index contributed by atoms with van der Waals surface area (Å²) >= 11 is 0. The van der Waals surface area contributed by atoms with Crippen molar-refractivity contribution >= 4 is 11.5 Å². The van der Waals surface area contributed by atoms with Crippen LogP contribution < -0.4 is 10.6 Å². The highest BCUT2D eigenvalue weighted by Crippen LogP contribution is 2.13. The lowest BCUT2D eigenvalue weighted by atomic mass is 10.2. The molecule has 0 aliphatic carbocycles. The maximum Gasteiger partial charge on any atom is 0.125 e. The number of nitrogens with one attached hydrogen (secondary N) is 1. The zero-order valence-electron chi connectivity index (χ0n) is 8.13. The van der Waals surface area contributed by atoms with Gasteiger partial charge in [0, 0.05) is 25.7 Å². The summed E-state index contributed by atoms with van der Waals surface area (Å²) in [5.41, 5.74) is 6.03. The minimum atomic E-state index is -0.253. The second-order valence-corrected chi connectivity index (χ2v) is 3.18. The Balaban J connectivity index is 2.60. The number of nitrogens with two attached hydrogens (primary N) is 1. The average molecular weight is 195 g/mol. The van der Waals surface area contributed by atoms with Gasteiger partial charge in [-0.1, -0.05) is 6.07 Å². The smallest absolute Gasteiger partial charge is 0.125 e. The summed E-state index contributed by atoms with van der Waals surface area (Å²) in [5, 5.41) is 7.07. The van der Waals surface area contributed by atoms with Crippen LogP contribution >= 0.6 is 0 Å². The van der Waals surface area contributed by atoms with Gasteiger partial charge in [0.2, 0.25) is 0 Å². The molecule has 0 atom stereocenters. The Bertz CT molecular complexity index is 325. The fourth-order valence-corrected chi connectivity index (χ4v) is 1.13. The molecule has 0 aliphatic heterocycles. The monoisotopic (exact) mass is 195 g/mol. The van der Waals surface area contributed by atoms with Crippen molar-refractivity contribution in [1.29, 1.82) is 5.41 Å². The molecule has 1 aromatic carbocycles. The van der Waals surface area contributed by atoms with E-state index >= 15 is 0 Å². The third-order valence-electron chi connectivity index (χ3n) is 1.97. The first-order valence-corrected chi connectivity index (χ1v) is 4.39. The average Bonchev–Trinajstić information content (AvgIpc) is 2.14. The maximum absolute atomic E-state index is 12.8. The van der Waals surface area contributed by atoms with Gasteiger partial charge < -0.3 is 10.6 Å². The molecule has 14 heavy (non-hydrogen) atoms. The summed E-state index contributed by atoms with van der Waals surface area (Å²) < 4.78 is 12.8. The molecule has 0 aliphatic rings. The molecule has 3 nitrogen and oxygen atoms in total. The van der Waals surface area contributed by atoms with Gasteiger partial charge in [-0.2, -0.15) is 0 Å². The summed E-state index contributed by atoms with van der Waals surface area (Å²) in [4.78, 5) is 1.87. The number of nitrogens with zero attached hydrogens (tertiary/aromatic N) is 1. The van der Waals surface area contributed by atoms with Gasteiger partial charge >= 0.3 is 0 Å². The first-order valence-electron chi connectivity index (χ1n) is 4.39. The van der Waals surface area contributed by atoms with Gasteiger partial charge in [0.05, 0.1) is 5.84 Å². The Morgan fingerprint density at radius 2 is 2.29 bits per heavy atom. The minimum Gasteiger partial charge on any atom is -0.388 e. The highest BCUT2D eigenvalue weighted by Gasteiger charge is 2.01. The number of anilines is 1. The number of hydrogen-bond donors (Lipinski definition) is 2. The van der Waals surface area contributed by atoms with Gasteiger partial charge in [-0.25, -0.2) is 4.39 Å². The fraction of sp³-hybridized carbons (Fsp3) is 0.300. The third kappa shape index (κ3) is 3.05. The molecular formula is C10H14FN3. The van der Waals surface area contributed by atoms with Crippen molar-refractivity contribution in [3.8, 4) is 0 Å². The first kappa shape index (κ1) is 10.5. The van der Waals surface area contributed by atoms with E-state index in [2.05, 4.69) is 0 Å². The molecule has 0 amide bonds. The van der Waals surface area contributed by atoms with Crippen LogP contribution in [-0.4, -0.2) is 19.4 Å². The van der Waals surface area contributed by atoms with E-state index in [0.29, 0.717) is 13.0 Å². The quantitative estimate of drug-likeness (QED) is 0.566. The van der Waals surface area contributed by atoms with Gasteiger partial charge in [0.25, 0.3) is 0 Å². The molecule has 76 valence electrons. The van der Waals surface area contributed by atoms with Crippen LogP contribution in [0.25, 0.3) is 0 Å². The summed E-state index contributed by atoms with van der Waals surface area (Å²) in [7, 11) is 1.84. The van der Waals surface area contributed by atoms with Gasteiger partial charge in [0.1, 0.15) is 5.82 Å². The van der Waals surface area contributed by atoms with Gasteiger partial charge in [-0.3, -0.25) is 5.41 Å². The Morgan fingerprint density at radius 1 is 1.57 bits per heavy atom.